The van der Waals surface area contributed by atoms with Crippen molar-refractivity contribution in [1.29, 1.82) is 0 Å². The Morgan fingerprint density at radius 1 is 0.892 bits per heavy atom. The molecule has 1 aromatic heterocycles. The SMILES string of the molecule is CC(C)(C(=O)Nc1cnc([N+](C)(C)[O-])cc1-c1ccccc1Cl)c1cc(C(F)(F)F)cc(C(F)(F)F)c1. The van der Waals surface area contributed by atoms with Crippen LogP contribution < -0.4 is 9.96 Å². The summed E-state index contributed by atoms with van der Waals surface area (Å²) in [6, 6.07) is 8.96. The lowest BCUT2D eigenvalue weighted by Crippen LogP contribution is -2.36. The number of hydroxylamine groups is 2. The molecule has 3 rings (SSSR count). The molecular weight excluding hydrogens is 524 g/mol. The Hall–Kier alpha value is -3.15. The molecule has 12 heteroatoms. The molecule has 0 atom stereocenters. The van der Waals surface area contributed by atoms with E-state index in [-0.39, 0.29) is 22.6 Å². The first-order valence-corrected chi connectivity index (χ1v) is 11.1. The van der Waals surface area contributed by atoms with Gasteiger partial charge in [0, 0.05) is 22.2 Å². The fourth-order valence-corrected chi connectivity index (χ4v) is 3.70. The van der Waals surface area contributed by atoms with E-state index in [9.17, 15) is 36.3 Å². The first-order valence-electron chi connectivity index (χ1n) is 10.7. The van der Waals surface area contributed by atoms with Crippen LogP contribution in [0.4, 0.5) is 37.8 Å². The summed E-state index contributed by atoms with van der Waals surface area (Å²) in [6.07, 6.45) is -8.95. The van der Waals surface area contributed by atoms with Gasteiger partial charge in [-0.05, 0) is 43.7 Å². The topological polar surface area (TPSA) is 65.0 Å². The summed E-state index contributed by atoms with van der Waals surface area (Å²) in [7, 11) is 2.65. The Labute approximate surface area is 213 Å². The lowest BCUT2D eigenvalue weighted by atomic mass is 9.81. The van der Waals surface area contributed by atoms with Gasteiger partial charge in [0.15, 0.2) is 0 Å². The van der Waals surface area contributed by atoms with Gasteiger partial charge in [-0.25, -0.2) is 4.98 Å². The van der Waals surface area contributed by atoms with E-state index in [1.54, 1.807) is 24.3 Å². The summed E-state index contributed by atoms with van der Waals surface area (Å²) in [6.45, 7) is 2.40. The van der Waals surface area contributed by atoms with Gasteiger partial charge in [-0.1, -0.05) is 29.8 Å². The maximum atomic E-state index is 13.4. The third-order valence-electron chi connectivity index (χ3n) is 5.73. The number of benzene rings is 2. The van der Waals surface area contributed by atoms with Gasteiger partial charge in [-0.15, -0.1) is 0 Å². The van der Waals surface area contributed by atoms with Crippen LogP contribution in [-0.4, -0.2) is 25.0 Å². The number of carbonyl (C=O) groups is 1. The molecule has 0 saturated carbocycles. The minimum atomic E-state index is -5.07. The van der Waals surface area contributed by atoms with E-state index in [2.05, 4.69) is 10.3 Å². The average Bonchev–Trinajstić information content (AvgIpc) is 2.77. The van der Waals surface area contributed by atoms with Gasteiger partial charge >= 0.3 is 12.4 Å². The number of anilines is 1. The highest BCUT2D eigenvalue weighted by Gasteiger charge is 2.40. The zero-order valence-corrected chi connectivity index (χ0v) is 20.8. The van der Waals surface area contributed by atoms with Crippen molar-refractivity contribution >= 4 is 29.0 Å². The maximum absolute atomic E-state index is 13.4. The molecule has 0 unspecified atom stereocenters. The summed E-state index contributed by atoms with van der Waals surface area (Å²) < 4.78 is 79.3. The van der Waals surface area contributed by atoms with Gasteiger partial charge in [0.05, 0.1) is 42.5 Å². The van der Waals surface area contributed by atoms with Crippen molar-refractivity contribution < 1.29 is 31.1 Å². The van der Waals surface area contributed by atoms with Gasteiger partial charge in [0.1, 0.15) is 0 Å². The molecule has 1 N–H and O–H groups in total. The fraction of sp³-hybridized carbons (Fsp3) is 0.280. The van der Waals surface area contributed by atoms with Gasteiger partial charge < -0.3 is 15.2 Å². The Morgan fingerprint density at radius 3 is 1.89 bits per heavy atom. The third-order valence-corrected chi connectivity index (χ3v) is 6.06. The second-order valence-corrected chi connectivity index (χ2v) is 9.70. The van der Waals surface area contributed by atoms with Crippen molar-refractivity contribution in [2.24, 2.45) is 0 Å². The number of carbonyl (C=O) groups excluding carboxylic acids is 1. The molecule has 1 amide bonds. The molecule has 37 heavy (non-hydrogen) atoms. The molecule has 0 radical (unpaired) electrons. The van der Waals surface area contributed by atoms with Crippen LogP contribution in [0.25, 0.3) is 11.1 Å². The number of halogens is 7. The first-order chi connectivity index (χ1) is 16.8. The molecule has 0 aliphatic heterocycles. The highest BCUT2D eigenvalue weighted by atomic mass is 35.5. The number of nitrogens with one attached hydrogen (secondary N) is 1. The summed E-state index contributed by atoms with van der Waals surface area (Å²) in [4.78, 5) is 17.4. The van der Waals surface area contributed by atoms with Crippen LogP contribution in [0, 0.1) is 5.21 Å². The second-order valence-electron chi connectivity index (χ2n) is 9.29. The van der Waals surface area contributed by atoms with Gasteiger partial charge in [0.25, 0.3) is 0 Å². The van der Waals surface area contributed by atoms with Crippen molar-refractivity contribution in [2.45, 2.75) is 31.6 Å². The second kappa shape index (κ2) is 9.62. The van der Waals surface area contributed by atoms with Crippen molar-refractivity contribution in [3.8, 4) is 11.1 Å². The molecule has 1 heterocycles. The van der Waals surface area contributed by atoms with Crippen LogP contribution in [0.3, 0.4) is 0 Å². The number of amides is 1. The summed E-state index contributed by atoms with van der Waals surface area (Å²) in [5, 5.41) is 15.3. The van der Waals surface area contributed by atoms with E-state index in [1.807, 2.05) is 0 Å². The molecule has 2 aromatic carbocycles. The Morgan fingerprint density at radius 2 is 1.41 bits per heavy atom. The number of hydrogen-bond donors (Lipinski definition) is 1. The standard InChI is InChI=1S/C25H22ClF6N3O2/c1-23(2,14-9-15(24(27,28)29)11-16(10-14)25(30,31)32)22(36)34-20-13-33-21(35(3,4)37)12-18(20)17-7-5-6-8-19(17)26/h5-13H,1-4H3,(H,34,36). The summed E-state index contributed by atoms with van der Waals surface area (Å²) >= 11 is 6.31. The molecule has 3 aromatic rings. The quantitative estimate of drug-likeness (QED) is 0.206. The maximum Gasteiger partial charge on any atom is 0.416 e. The van der Waals surface area contributed by atoms with Crippen LogP contribution in [0.5, 0.6) is 0 Å². The van der Waals surface area contributed by atoms with Crippen LogP contribution in [0.2, 0.25) is 5.02 Å². The Kier molecular flexibility index (Phi) is 7.39. The van der Waals surface area contributed by atoms with Crippen molar-refractivity contribution in [3.63, 3.8) is 0 Å². The molecule has 5 nitrogen and oxygen atoms in total. The number of aromatic nitrogens is 1. The van der Waals surface area contributed by atoms with Gasteiger partial charge in [-0.2, -0.15) is 26.3 Å². The number of hydrogen-bond acceptors (Lipinski definition) is 3. The van der Waals surface area contributed by atoms with E-state index < -0.39 is 45.0 Å². The molecule has 198 valence electrons. The fourth-order valence-electron chi connectivity index (χ4n) is 3.47. The van der Waals surface area contributed by atoms with Gasteiger partial charge in [-0.3, -0.25) is 4.79 Å². The molecule has 0 fully saturated rings. The minimum absolute atomic E-state index is 0.00143. The lowest BCUT2D eigenvalue weighted by molar-refractivity contribution is -0.143. The zero-order chi connectivity index (χ0) is 28.0. The Balaban J connectivity index is 2.11. The predicted molar refractivity (Wildman–Crippen MR) is 130 cm³/mol. The number of alkyl halides is 6. The van der Waals surface area contributed by atoms with Crippen molar-refractivity contribution in [3.05, 3.63) is 81.6 Å². The third kappa shape index (κ3) is 6.23. The smallest absolute Gasteiger partial charge is 0.416 e. The van der Waals surface area contributed by atoms with Crippen molar-refractivity contribution in [2.75, 3.05) is 19.4 Å². The van der Waals surface area contributed by atoms with Crippen LogP contribution in [-0.2, 0) is 22.6 Å². The number of nitrogens with zero attached hydrogens (tertiary/aromatic N) is 2. The molecule has 0 aliphatic carbocycles. The highest BCUT2D eigenvalue weighted by molar-refractivity contribution is 6.33. The monoisotopic (exact) mass is 545 g/mol. The number of quaternary nitrogens is 1. The van der Waals surface area contributed by atoms with E-state index >= 15 is 0 Å². The van der Waals surface area contributed by atoms with E-state index in [4.69, 9.17) is 11.6 Å². The molecular formula is C25H22ClF6N3O2. The van der Waals surface area contributed by atoms with Crippen molar-refractivity contribution in [1.82, 2.24) is 9.63 Å². The largest absolute Gasteiger partial charge is 0.627 e. The van der Waals surface area contributed by atoms with E-state index in [1.165, 1.54) is 40.2 Å². The van der Waals surface area contributed by atoms with Crippen LogP contribution >= 0.6 is 11.6 Å². The van der Waals surface area contributed by atoms with E-state index in [0.717, 1.165) is 0 Å². The first kappa shape index (κ1) is 28.4. The normalized spacial score (nSPS) is 13.0. The molecule has 0 aliphatic rings. The molecule has 0 saturated heterocycles. The van der Waals surface area contributed by atoms with Gasteiger partial charge in [0.2, 0.25) is 11.7 Å². The van der Waals surface area contributed by atoms with E-state index in [0.29, 0.717) is 23.3 Å². The summed E-state index contributed by atoms with van der Waals surface area (Å²) in [5.41, 5.74) is -4.62. The summed E-state index contributed by atoms with van der Waals surface area (Å²) in [5.74, 6) is -0.835. The molecule has 0 spiro atoms. The minimum Gasteiger partial charge on any atom is -0.627 e. The number of pyridine rings is 1. The average molecular weight is 546 g/mol. The Bertz CT molecular complexity index is 1300. The zero-order valence-electron chi connectivity index (χ0n) is 20.1. The lowest BCUT2D eigenvalue weighted by Gasteiger charge is -2.32. The van der Waals surface area contributed by atoms with Crippen LogP contribution in [0.15, 0.2) is 54.7 Å². The number of rotatable bonds is 5. The van der Waals surface area contributed by atoms with Crippen LogP contribution in [0.1, 0.15) is 30.5 Å². The predicted octanol–water partition coefficient (Wildman–Crippen LogP) is 7.42. The molecule has 0 bridgehead atoms. The highest BCUT2D eigenvalue weighted by Crippen LogP contribution is 2.40.